The number of imidazole rings is 1. The maximum atomic E-state index is 4.70. The van der Waals surface area contributed by atoms with Gasteiger partial charge >= 0.3 is 0 Å². The van der Waals surface area contributed by atoms with Crippen LogP contribution in [-0.4, -0.2) is 40.1 Å². The SMILES string of the molecule is c1cc(-c2cnc3n[nH]c(-c4nc5nccc(-c6ccncc6)c5[nH]4)c3c2)ccn1. The normalized spacial score (nSPS) is 11.3. The Balaban J connectivity index is 1.52. The Labute approximate surface area is 170 Å². The maximum Gasteiger partial charge on any atom is 0.181 e. The molecule has 0 atom stereocenters. The third-order valence-electron chi connectivity index (χ3n) is 5.04. The van der Waals surface area contributed by atoms with Crippen LogP contribution in [-0.2, 0) is 0 Å². The van der Waals surface area contributed by atoms with Crippen molar-refractivity contribution in [3.8, 4) is 33.8 Å². The minimum Gasteiger partial charge on any atom is -0.335 e. The van der Waals surface area contributed by atoms with E-state index in [0.29, 0.717) is 17.1 Å². The summed E-state index contributed by atoms with van der Waals surface area (Å²) in [7, 11) is 0. The highest BCUT2D eigenvalue weighted by Crippen LogP contribution is 2.31. The molecular formula is C22H14N8. The van der Waals surface area contributed by atoms with E-state index in [4.69, 9.17) is 4.98 Å². The van der Waals surface area contributed by atoms with Crippen molar-refractivity contribution in [2.75, 3.05) is 0 Å². The first-order chi connectivity index (χ1) is 14.9. The van der Waals surface area contributed by atoms with Gasteiger partial charge in [-0.1, -0.05) is 0 Å². The molecule has 0 fully saturated rings. The molecule has 30 heavy (non-hydrogen) atoms. The number of H-pyrrole nitrogens is 2. The van der Waals surface area contributed by atoms with Gasteiger partial charge in [-0.05, 0) is 47.5 Å². The first-order valence-electron chi connectivity index (χ1n) is 9.37. The summed E-state index contributed by atoms with van der Waals surface area (Å²) in [4.78, 5) is 25.2. The van der Waals surface area contributed by atoms with Crippen molar-refractivity contribution in [1.29, 1.82) is 0 Å². The number of rotatable bonds is 3. The quantitative estimate of drug-likeness (QED) is 0.472. The molecule has 8 nitrogen and oxygen atoms in total. The Morgan fingerprint density at radius 2 is 1.47 bits per heavy atom. The van der Waals surface area contributed by atoms with Gasteiger partial charge in [0.15, 0.2) is 17.1 Å². The molecule has 0 saturated heterocycles. The van der Waals surface area contributed by atoms with Crippen molar-refractivity contribution in [3.05, 3.63) is 73.6 Å². The first kappa shape index (κ1) is 16.5. The van der Waals surface area contributed by atoms with Gasteiger partial charge < -0.3 is 4.98 Å². The summed E-state index contributed by atoms with van der Waals surface area (Å²) in [5.74, 6) is 0.662. The van der Waals surface area contributed by atoms with Gasteiger partial charge in [-0.25, -0.2) is 15.0 Å². The van der Waals surface area contributed by atoms with E-state index >= 15 is 0 Å². The molecule has 6 heterocycles. The molecule has 0 aromatic carbocycles. The van der Waals surface area contributed by atoms with Crippen LogP contribution in [0.2, 0.25) is 0 Å². The van der Waals surface area contributed by atoms with Crippen LogP contribution in [0.15, 0.2) is 73.6 Å². The summed E-state index contributed by atoms with van der Waals surface area (Å²) < 4.78 is 0. The highest BCUT2D eigenvalue weighted by Gasteiger charge is 2.16. The predicted octanol–water partition coefficient (Wildman–Crippen LogP) is 4.02. The number of aromatic nitrogens is 8. The summed E-state index contributed by atoms with van der Waals surface area (Å²) in [6.45, 7) is 0. The maximum absolute atomic E-state index is 4.70. The summed E-state index contributed by atoms with van der Waals surface area (Å²) in [5, 5.41) is 8.30. The van der Waals surface area contributed by atoms with E-state index in [1.54, 1.807) is 31.0 Å². The van der Waals surface area contributed by atoms with Crippen molar-refractivity contribution in [2.45, 2.75) is 0 Å². The second-order valence-electron chi connectivity index (χ2n) is 6.81. The molecule has 8 heteroatoms. The average molecular weight is 390 g/mol. The van der Waals surface area contributed by atoms with E-state index in [1.807, 2.05) is 36.5 Å². The second kappa shape index (κ2) is 6.56. The first-order valence-corrected chi connectivity index (χ1v) is 9.37. The summed E-state index contributed by atoms with van der Waals surface area (Å²) in [6.07, 6.45) is 10.6. The van der Waals surface area contributed by atoms with Crippen LogP contribution in [0.4, 0.5) is 0 Å². The number of hydrogen-bond acceptors (Lipinski definition) is 6. The topological polar surface area (TPSA) is 109 Å². The molecular weight excluding hydrogens is 376 g/mol. The number of pyridine rings is 4. The van der Waals surface area contributed by atoms with Crippen LogP contribution in [0, 0.1) is 0 Å². The molecule has 0 saturated carbocycles. The molecule has 0 aliphatic carbocycles. The van der Waals surface area contributed by atoms with E-state index < -0.39 is 0 Å². The molecule has 6 aromatic rings. The summed E-state index contributed by atoms with van der Waals surface area (Å²) in [5.41, 5.74) is 6.99. The third-order valence-corrected chi connectivity index (χ3v) is 5.04. The number of hydrogen-bond donors (Lipinski definition) is 2. The molecule has 0 spiro atoms. The monoisotopic (exact) mass is 390 g/mol. The molecule has 142 valence electrons. The lowest BCUT2D eigenvalue weighted by atomic mass is 10.1. The van der Waals surface area contributed by atoms with E-state index in [1.165, 1.54) is 0 Å². The molecule has 0 bridgehead atoms. The summed E-state index contributed by atoms with van der Waals surface area (Å²) in [6, 6.07) is 11.9. The van der Waals surface area contributed by atoms with E-state index in [0.717, 1.165) is 38.9 Å². The van der Waals surface area contributed by atoms with E-state index in [9.17, 15) is 0 Å². The molecule has 6 aromatic heterocycles. The van der Waals surface area contributed by atoms with Crippen molar-refractivity contribution in [1.82, 2.24) is 40.1 Å². The van der Waals surface area contributed by atoms with Gasteiger partial charge in [0.05, 0.1) is 10.9 Å². The van der Waals surface area contributed by atoms with Crippen LogP contribution in [0.1, 0.15) is 0 Å². The Morgan fingerprint density at radius 3 is 2.27 bits per heavy atom. The van der Waals surface area contributed by atoms with E-state index in [2.05, 4.69) is 41.2 Å². The Hall–Kier alpha value is -4.46. The minimum atomic E-state index is 0.630. The van der Waals surface area contributed by atoms with Crippen LogP contribution in [0.3, 0.4) is 0 Å². The Kier molecular flexibility index (Phi) is 3.60. The predicted molar refractivity (Wildman–Crippen MR) is 113 cm³/mol. The Bertz CT molecular complexity index is 1490. The van der Waals surface area contributed by atoms with Gasteiger partial charge in [-0.3, -0.25) is 15.1 Å². The van der Waals surface area contributed by atoms with Crippen LogP contribution >= 0.6 is 0 Å². The molecule has 0 aliphatic heterocycles. The van der Waals surface area contributed by atoms with Crippen LogP contribution in [0.25, 0.3) is 56.0 Å². The van der Waals surface area contributed by atoms with Gasteiger partial charge in [0, 0.05) is 48.3 Å². The minimum absolute atomic E-state index is 0.630. The fourth-order valence-electron chi connectivity index (χ4n) is 3.58. The number of fused-ring (bicyclic) bond motifs is 2. The summed E-state index contributed by atoms with van der Waals surface area (Å²) >= 11 is 0. The van der Waals surface area contributed by atoms with Crippen molar-refractivity contribution >= 4 is 22.2 Å². The zero-order valence-electron chi connectivity index (χ0n) is 15.6. The second-order valence-corrected chi connectivity index (χ2v) is 6.81. The lowest BCUT2D eigenvalue weighted by Crippen LogP contribution is -1.84. The molecule has 6 rings (SSSR count). The number of aromatic amines is 2. The smallest absolute Gasteiger partial charge is 0.181 e. The number of nitrogens with one attached hydrogen (secondary N) is 2. The largest absolute Gasteiger partial charge is 0.335 e. The van der Waals surface area contributed by atoms with Crippen LogP contribution in [0.5, 0.6) is 0 Å². The Morgan fingerprint density at radius 1 is 0.700 bits per heavy atom. The highest BCUT2D eigenvalue weighted by atomic mass is 15.2. The lowest BCUT2D eigenvalue weighted by Gasteiger charge is -2.01. The average Bonchev–Trinajstić information content (AvgIpc) is 3.43. The molecule has 0 aliphatic rings. The van der Waals surface area contributed by atoms with Gasteiger partial charge in [0.2, 0.25) is 0 Å². The van der Waals surface area contributed by atoms with Gasteiger partial charge in [-0.2, -0.15) is 5.10 Å². The molecule has 0 amide bonds. The van der Waals surface area contributed by atoms with E-state index in [-0.39, 0.29) is 0 Å². The van der Waals surface area contributed by atoms with Gasteiger partial charge in [-0.15, -0.1) is 0 Å². The van der Waals surface area contributed by atoms with Crippen LogP contribution < -0.4 is 0 Å². The zero-order valence-corrected chi connectivity index (χ0v) is 15.6. The van der Waals surface area contributed by atoms with Crippen molar-refractivity contribution in [2.24, 2.45) is 0 Å². The van der Waals surface area contributed by atoms with Gasteiger partial charge in [0.1, 0.15) is 5.69 Å². The zero-order chi connectivity index (χ0) is 19.9. The molecule has 0 unspecified atom stereocenters. The standard InChI is InChI=1S/C22H14N8/c1-6-23-7-2-13(1)15-11-17-19(29-30-20(17)26-12-15)22-27-18-16(5-10-25-21(18)28-22)14-3-8-24-9-4-14/h1-12H,(H,25,27,28)(H,26,29,30). The fourth-order valence-corrected chi connectivity index (χ4v) is 3.58. The fraction of sp³-hybridized carbons (Fsp3) is 0. The lowest BCUT2D eigenvalue weighted by molar-refractivity contribution is 1.09. The third kappa shape index (κ3) is 2.62. The highest BCUT2D eigenvalue weighted by molar-refractivity contribution is 5.96. The molecule has 0 radical (unpaired) electrons. The number of nitrogens with zero attached hydrogens (tertiary/aromatic N) is 6. The molecule has 2 N–H and O–H groups in total. The van der Waals surface area contributed by atoms with Crippen molar-refractivity contribution in [3.63, 3.8) is 0 Å². The van der Waals surface area contributed by atoms with Gasteiger partial charge in [0.25, 0.3) is 0 Å². The van der Waals surface area contributed by atoms with Crippen molar-refractivity contribution < 1.29 is 0 Å².